The maximum atomic E-state index is 12.1. The minimum Gasteiger partial charge on any atom is -0.481 e. The second kappa shape index (κ2) is 7.09. The van der Waals surface area contributed by atoms with E-state index in [9.17, 15) is 14.7 Å². The molecule has 0 radical (unpaired) electrons. The molecular formula is C19H20O4. The van der Waals surface area contributed by atoms with Crippen LogP contribution in [0.15, 0.2) is 54.6 Å². The highest BCUT2D eigenvalue weighted by molar-refractivity contribution is 5.86. The molecule has 0 spiro atoms. The Labute approximate surface area is 135 Å². The zero-order chi connectivity index (χ0) is 16.9. The van der Waals surface area contributed by atoms with Gasteiger partial charge in [-0.1, -0.05) is 54.6 Å². The van der Waals surface area contributed by atoms with Gasteiger partial charge in [0.05, 0.1) is 0 Å². The highest BCUT2D eigenvalue weighted by atomic mass is 16.4. The van der Waals surface area contributed by atoms with Crippen LogP contribution < -0.4 is 0 Å². The van der Waals surface area contributed by atoms with Gasteiger partial charge in [0.2, 0.25) is 0 Å². The Balaban J connectivity index is 2.45. The molecule has 0 aromatic heterocycles. The van der Waals surface area contributed by atoms with Gasteiger partial charge in [0.25, 0.3) is 0 Å². The third kappa shape index (κ3) is 3.59. The number of carboxylic acids is 2. The lowest BCUT2D eigenvalue weighted by molar-refractivity contribution is -0.141. The predicted molar refractivity (Wildman–Crippen MR) is 87.5 cm³/mol. The molecule has 2 rings (SSSR count). The van der Waals surface area contributed by atoms with Crippen molar-refractivity contribution in [1.82, 2.24) is 0 Å². The molecule has 4 heteroatoms. The number of aryl methyl sites for hydroxylation is 1. The standard InChI is InChI=1S/C19H20O4/c1-19(18(22)23,15-10-3-2-4-11-15)16-12-6-5-8-14(16)9-7-13-17(20)21/h2-6,8,10-12H,7,9,13H2,1H3,(H,20,21)(H,22,23). The normalized spacial score (nSPS) is 13.3. The summed E-state index contributed by atoms with van der Waals surface area (Å²) >= 11 is 0. The second-order valence-electron chi connectivity index (χ2n) is 5.70. The third-order valence-corrected chi connectivity index (χ3v) is 4.17. The first-order valence-corrected chi connectivity index (χ1v) is 7.55. The van der Waals surface area contributed by atoms with Crippen molar-refractivity contribution in [3.8, 4) is 0 Å². The average molecular weight is 312 g/mol. The predicted octanol–water partition coefficient (Wildman–Crippen LogP) is 3.48. The smallest absolute Gasteiger partial charge is 0.318 e. The molecule has 0 saturated heterocycles. The lowest BCUT2D eigenvalue weighted by Crippen LogP contribution is -2.34. The van der Waals surface area contributed by atoms with Gasteiger partial charge in [-0.05, 0) is 36.5 Å². The topological polar surface area (TPSA) is 74.6 Å². The van der Waals surface area contributed by atoms with E-state index in [1.54, 1.807) is 6.92 Å². The van der Waals surface area contributed by atoms with Crippen molar-refractivity contribution in [2.24, 2.45) is 0 Å². The molecule has 1 atom stereocenters. The molecule has 2 aromatic rings. The van der Waals surface area contributed by atoms with E-state index in [-0.39, 0.29) is 6.42 Å². The summed E-state index contributed by atoms with van der Waals surface area (Å²) in [7, 11) is 0. The molecule has 0 saturated carbocycles. The van der Waals surface area contributed by atoms with Gasteiger partial charge in [-0.15, -0.1) is 0 Å². The van der Waals surface area contributed by atoms with Gasteiger partial charge in [-0.25, -0.2) is 0 Å². The van der Waals surface area contributed by atoms with Crippen LogP contribution in [0.3, 0.4) is 0 Å². The van der Waals surface area contributed by atoms with E-state index in [1.807, 2.05) is 54.6 Å². The number of hydrogen-bond donors (Lipinski definition) is 2. The maximum absolute atomic E-state index is 12.1. The van der Waals surface area contributed by atoms with Crippen molar-refractivity contribution >= 4 is 11.9 Å². The molecule has 0 aliphatic rings. The van der Waals surface area contributed by atoms with Gasteiger partial charge in [-0.2, -0.15) is 0 Å². The Bertz CT molecular complexity index is 694. The average Bonchev–Trinajstić information content (AvgIpc) is 2.55. The number of carbonyl (C=O) groups is 2. The van der Waals surface area contributed by atoms with Crippen LogP contribution in [-0.4, -0.2) is 22.2 Å². The van der Waals surface area contributed by atoms with Crippen LogP contribution in [0.2, 0.25) is 0 Å². The second-order valence-corrected chi connectivity index (χ2v) is 5.70. The number of hydrogen-bond acceptors (Lipinski definition) is 2. The minimum atomic E-state index is -1.17. The molecule has 0 aliphatic heterocycles. The van der Waals surface area contributed by atoms with Gasteiger partial charge in [0, 0.05) is 6.42 Å². The Morgan fingerprint density at radius 1 is 0.957 bits per heavy atom. The largest absolute Gasteiger partial charge is 0.481 e. The van der Waals surface area contributed by atoms with Crippen LogP contribution in [-0.2, 0) is 21.4 Å². The lowest BCUT2D eigenvalue weighted by atomic mass is 9.74. The summed E-state index contributed by atoms with van der Waals surface area (Å²) in [5.41, 5.74) is 1.13. The molecular weight excluding hydrogens is 292 g/mol. The van der Waals surface area contributed by atoms with Crippen LogP contribution in [0, 0.1) is 0 Å². The maximum Gasteiger partial charge on any atom is 0.318 e. The quantitative estimate of drug-likeness (QED) is 0.820. The molecule has 1 unspecified atom stereocenters. The number of rotatable bonds is 7. The zero-order valence-corrected chi connectivity index (χ0v) is 13.0. The van der Waals surface area contributed by atoms with E-state index >= 15 is 0 Å². The summed E-state index contributed by atoms with van der Waals surface area (Å²) in [6.07, 6.45) is 1.10. The fourth-order valence-electron chi connectivity index (χ4n) is 2.82. The Kier molecular flexibility index (Phi) is 5.16. The summed E-state index contributed by atoms with van der Waals surface area (Å²) < 4.78 is 0. The molecule has 0 aliphatic carbocycles. The lowest BCUT2D eigenvalue weighted by Gasteiger charge is -2.28. The van der Waals surface area contributed by atoms with E-state index < -0.39 is 17.4 Å². The van der Waals surface area contributed by atoms with Crippen molar-refractivity contribution in [3.63, 3.8) is 0 Å². The van der Waals surface area contributed by atoms with E-state index in [0.717, 1.165) is 5.56 Å². The molecule has 0 amide bonds. The molecule has 4 nitrogen and oxygen atoms in total. The first-order valence-electron chi connectivity index (χ1n) is 7.55. The first-order chi connectivity index (χ1) is 11.0. The van der Waals surface area contributed by atoms with Crippen molar-refractivity contribution < 1.29 is 19.8 Å². The fourth-order valence-corrected chi connectivity index (χ4v) is 2.82. The Hall–Kier alpha value is -2.62. The molecule has 0 heterocycles. The monoisotopic (exact) mass is 312 g/mol. The number of benzene rings is 2. The van der Waals surface area contributed by atoms with Gasteiger partial charge < -0.3 is 10.2 Å². The SMILES string of the molecule is CC(C(=O)O)(c1ccccc1)c1ccccc1CCCC(=O)O. The van der Waals surface area contributed by atoms with Crippen LogP contribution in [0.25, 0.3) is 0 Å². The van der Waals surface area contributed by atoms with Crippen molar-refractivity contribution in [3.05, 3.63) is 71.3 Å². The molecule has 23 heavy (non-hydrogen) atoms. The third-order valence-electron chi connectivity index (χ3n) is 4.17. The summed E-state index contributed by atoms with van der Waals surface area (Å²) in [4.78, 5) is 22.8. The number of aliphatic carboxylic acids is 2. The summed E-state index contributed by atoms with van der Waals surface area (Å²) in [5.74, 6) is -1.76. The van der Waals surface area contributed by atoms with E-state index in [4.69, 9.17) is 5.11 Å². The summed E-state index contributed by atoms with van der Waals surface area (Å²) in [6.45, 7) is 1.70. The van der Waals surface area contributed by atoms with E-state index in [2.05, 4.69) is 0 Å². The van der Waals surface area contributed by atoms with Gasteiger partial charge in [0.1, 0.15) is 5.41 Å². The van der Waals surface area contributed by atoms with E-state index in [0.29, 0.717) is 24.0 Å². The first kappa shape index (κ1) is 16.7. The summed E-state index contributed by atoms with van der Waals surface area (Å²) in [5, 5.41) is 18.7. The van der Waals surface area contributed by atoms with Crippen molar-refractivity contribution in [2.75, 3.05) is 0 Å². The summed E-state index contributed by atoms with van der Waals surface area (Å²) in [6, 6.07) is 16.5. The fraction of sp³-hybridized carbons (Fsp3) is 0.263. The van der Waals surface area contributed by atoms with Crippen LogP contribution in [0.1, 0.15) is 36.5 Å². The molecule has 2 N–H and O–H groups in total. The Morgan fingerprint density at radius 2 is 1.57 bits per heavy atom. The zero-order valence-electron chi connectivity index (χ0n) is 13.0. The van der Waals surface area contributed by atoms with Crippen LogP contribution in [0.4, 0.5) is 0 Å². The number of carboxylic acid groups (broad SMARTS) is 2. The van der Waals surface area contributed by atoms with Crippen molar-refractivity contribution in [2.45, 2.75) is 31.6 Å². The van der Waals surface area contributed by atoms with Gasteiger partial charge in [-0.3, -0.25) is 9.59 Å². The molecule has 0 fully saturated rings. The highest BCUT2D eigenvalue weighted by Crippen LogP contribution is 2.35. The van der Waals surface area contributed by atoms with Gasteiger partial charge >= 0.3 is 11.9 Å². The molecule has 0 bridgehead atoms. The minimum absolute atomic E-state index is 0.0729. The molecule has 2 aromatic carbocycles. The van der Waals surface area contributed by atoms with E-state index in [1.165, 1.54) is 0 Å². The van der Waals surface area contributed by atoms with Crippen LogP contribution >= 0.6 is 0 Å². The molecule has 120 valence electrons. The van der Waals surface area contributed by atoms with Gasteiger partial charge in [0.15, 0.2) is 0 Å². The Morgan fingerprint density at radius 3 is 2.17 bits per heavy atom. The highest BCUT2D eigenvalue weighted by Gasteiger charge is 2.38. The van der Waals surface area contributed by atoms with Crippen molar-refractivity contribution in [1.29, 1.82) is 0 Å². The van der Waals surface area contributed by atoms with Crippen LogP contribution in [0.5, 0.6) is 0 Å².